The summed E-state index contributed by atoms with van der Waals surface area (Å²) < 4.78 is 5.00. The van der Waals surface area contributed by atoms with Gasteiger partial charge in [-0.3, -0.25) is 0 Å². The van der Waals surface area contributed by atoms with Crippen LogP contribution in [0.3, 0.4) is 0 Å². The van der Waals surface area contributed by atoms with Crippen LogP contribution in [0.4, 0.5) is 11.6 Å². The van der Waals surface area contributed by atoms with Gasteiger partial charge in [0.25, 0.3) is 0 Å². The molecule has 5 nitrogen and oxygen atoms in total. The van der Waals surface area contributed by atoms with E-state index >= 15 is 0 Å². The van der Waals surface area contributed by atoms with Gasteiger partial charge < -0.3 is 15.4 Å². The fourth-order valence-corrected chi connectivity index (χ4v) is 1.90. The summed E-state index contributed by atoms with van der Waals surface area (Å²) in [4.78, 5) is 8.39. The molecule has 0 saturated carbocycles. The largest absolute Gasteiger partial charge is 0.385 e. The van der Waals surface area contributed by atoms with Crippen molar-refractivity contribution in [1.29, 1.82) is 0 Å². The minimum atomic E-state index is 0.692. The van der Waals surface area contributed by atoms with E-state index in [9.17, 15) is 0 Å². The van der Waals surface area contributed by atoms with Gasteiger partial charge in [0, 0.05) is 37.9 Å². The Morgan fingerprint density at radius 1 is 1.10 bits per heavy atom. The van der Waals surface area contributed by atoms with E-state index in [0.29, 0.717) is 6.54 Å². The fraction of sp³-hybridized carbons (Fsp3) is 0.333. The molecule has 21 heavy (non-hydrogen) atoms. The van der Waals surface area contributed by atoms with Crippen molar-refractivity contribution in [2.24, 2.45) is 0 Å². The van der Waals surface area contributed by atoms with Gasteiger partial charge in [0.15, 0.2) is 0 Å². The highest BCUT2D eigenvalue weighted by Crippen LogP contribution is 2.12. The van der Waals surface area contributed by atoms with E-state index in [-0.39, 0.29) is 0 Å². The molecule has 0 aliphatic rings. The van der Waals surface area contributed by atoms with Gasteiger partial charge >= 0.3 is 0 Å². The summed E-state index contributed by atoms with van der Waals surface area (Å²) in [5.74, 6) is 1.59. The van der Waals surface area contributed by atoms with Gasteiger partial charge in [0.1, 0.15) is 18.0 Å². The summed E-state index contributed by atoms with van der Waals surface area (Å²) >= 11 is 5.86. The maximum Gasteiger partial charge on any atom is 0.131 e. The third-order valence-electron chi connectivity index (χ3n) is 2.89. The molecule has 0 aliphatic carbocycles. The van der Waals surface area contributed by atoms with Crippen LogP contribution < -0.4 is 10.6 Å². The first-order valence-corrected chi connectivity index (χ1v) is 7.19. The molecule has 112 valence electrons. The van der Waals surface area contributed by atoms with Crippen LogP contribution in [0.2, 0.25) is 5.02 Å². The molecule has 2 rings (SSSR count). The molecule has 0 spiro atoms. The summed E-state index contributed by atoms with van der Waals surface area (Å²) in [6.07, 6.45) is 2.48. The highest BCUT2D eigenvalue weighted by Gasteiger charge is 1.99. The second-order valence-corrected chi connectivity index (χ2v) is 4.98. The number of hydrogen-bond donors (Lipinski definition) is 2. The van der Waals surface area contributed by atoms with Crippen LogP contribution in [0, 0.1) is 0 Å². The smallest absolute Gasteiger partial charge is 0.131 e. The van der Waals surface area contributed by atoms with Gasteiger partial charge in [-0.25, -0.2) is 9.97 Å². The number of ether oxygens (including phenoxy) is 1. The van der Waals surface area contributed by atoms with Crippen molar-refractivity contribution in [2.75, 3.05) is 30.9 Å². The maximum atomic E-state index is 5.86. The molecule has 0 unspecified atom stereocenters. The van der Waals surface area contributed by atoms with Crippen LogP contribution in [-0.2, 0) is 11.3 Å². The lowest BCUT2D eigenvalue weighted by atomic mass is 10.2. The number of nitrogens with zero attached hydrogens (tertiary/aromatic N) is 2. The van der Waals surface area contributed by atoms with E-state index < -0.39 is 0 Å². The van der Waals surface area contributed by atoms with Gasteiger partial charge in [0.2, 0.25) is 0 Å². The van der Waals surface area contributed by atoms with E-state index in [1.165, 1.54) is 0 Å². The molecule has 0 fully saturated rings. The SMILES string of the molecule is COCCCNc1cc(NCc2ccc(Cl)cc2)ncn1. The molecule has 1 heterocycles. The summed E-state index contributed by atoms with van der Waals surface area (Å²) in [5.41, 5.74) is 1.15. The predicted octanol–water partition coefficient (Wildman–Crippen LogP) is 3.19. The summed E-state index contributed by atoms with van der Waals surface area (Å²) in [7, 11) is 1.70. The number of hydrogen-bond acceptors (Lipinski definition) is 5. The summed E-state index contributed by atoms with van der Waals surface area (Å²) in [6, 6.07) is 9.62. The average Bonchev–Trinajstić information content (AvgIpc) is 2.52. The number of aromatic nitrogens is 2. The molecular formula is C15H19ClN4O. The number of nitrogens with one attached hydrogen (secondary N) is 2. The van der Waals surface area contributed by atoms with Crippen molar-refractivity contribution in [1.82, 2.24) is 9.97 Å². The lowest BCUT2D eigenvalue weighted by Crippen LogP contribution is -2.07. The van der Waals surface area contributed by atoms with E-state index in [2.05, 4.69) is 20.6 Å². The third kappa shape index (κ3) is 5.57. The Kier molecular flexibility index (Phi) is 6.24. The number of methoxy groups -OCH3 is 1. The molecule has 0 radical (unpaired) electrons. The Bertz CT molecular complexity index is 548. The molecule has 0 aliphatic heterocycles. The molecule has 2 N–H and O–H groups in total. The predicted molar refractivity (Wildman–Crippen MR) is 85.8 cm³/mol. The molecule has 2 aromatic rings. The van der Waals surface area contributed by atoms with Gasteiger partial charge in [-0.15, -0.1) is 0 Å². The van der Waals surface area contributed by atoms with Crippen LogP contribution in [0.25, 0.3) is 0 Å². The topological polar surface area (TPSA) is 59.1 Å². The Balaban J connectivity index is 1.84. The first-order chi connectivity index (χ1) is 10.3. The van der Waals surface area contributed by atoms with Gasteiger partial charge in [-0.2, -0.15) is 0 Å². The van der Waals surface area contributed by atoms with E-state index in [1.54, 1.807) is 13.4 Å². The molecule has 0 atom stereocenters. The molecular weight excluding hydrogens is 288 g/mol. The third-order valence-corrected chi connectivity index (χ3v) is 3.14. The van der Waals surface area contributed by atoms with Gasteiger partial charge in [-0.1, -0.05) is 23.7 Å². The number of benzene rings is 1. The zero-order valence-corrected chi connectivity index (χ0v) is 12.7. The molecule has 0 amide bonds. The van der Waals surface area contributed by atoms with Crippen molar-refractivity contribution in [3.8, 4) is 0 Å². The Morgan fingerprint density at radius 2 is 1.81 bits per heavy atom. The van der Waals surface area contributed by atoms with Gasteiger partial charge in [-0.05, 0) is 24.1 Å². The van der Waals surface area contributed by atoms with Crippen molar-refractivity contribution >= 4 is 23.2 Å². The van der Waals surface area contributed by atoms with Crippen molar-refractivity contribution in [2.45, 2.75) is 13.0 Å². The molecule has 1 aromatic carbocycles. The van der Waals surface area contributed by atoms with Crippen LogP contribution in [0.5, 0.6) is 0 Å². The highest BCUT2D eigenvalue weighted by atomic mass is 35.5. The fourth-order valence-electron chi connectivity index (χ4n) is 1.78. The average molecular weight is 307 g/mol. The van der Waals surface area contributed by atoms with E-state index in [4.69, 9.17) is 16.3 Å². The van der Waals surface area contributed by atoms with Gasteiger partial charge in [0.05, 0.1) is 0 Å². The maximum absolute atomic E-state index is 5.86. The minimum Gasteiger partial charge on any atom is -0.385 e. The zero-order chi connectivity index (χ0) is 14.9. The number of rotatable bonds is 8. The Hall–Kier alpha value is -1.85. The molecule has 0 bridgehead atoms. The first kappa shape index (κ1) is 15.5. The van der Waals surface area contributed by atoms with Crippen LogP contribution in [0.15, 0.2) is 36.7 Å². The van der Waals surface area contributed by atoms with Crippen molar-refractivity contribution < 1.29 is 4.74 Å². The molecule has 6 heteroatoms. The number of anilines is 2. The standard InChI is InChI=1S/C15H19ClN4O/c1-21-8-2-7-17-14-9-15(20-11-19-14)18-10-12-3-5-13(16)6-4-12/h3-6,9,11H,2,7-8,10H2,1H3,(H2,17,18,19,20). The highest BCUT2D eigenvalue weighted by molar-refractivity contribution is 6.30. The minimum absolute atomic E-state index is 0.692. The summed E-state index contributed by atoms with van der Waals surface area (Å²) in [6.45, 7) is 2.25. The number of halogens is 1. The lowest BCUT2D eigenvalue weighted by molar-refractivity contribution is 0.198. The Morgan fingerprint density at radius 3 is 2.52 bits per heavy atom. The van der Waals surface area contributed by atoms with Crippen LogP contribution in [0.1, 0.15) is 12.0 Å². The monoisotopic (exact) mass is 306 g/mol. The second-order valence-electron chi connectivity index (χ2n) is 4.54. The van der Waals surface area contributed by atoms with Crippen LogP contribution >= 0.6 is 11.6 Å². The zero-order valence-electron chi connectivity index (χ0n) is 12.0. The van der Waals surface area contributed by atoms with Crippen LogP contribution in [-0.4, -0.2) is 30.2 Å². The molecule has 1 aromatic heterocycles. The summed E-state index contributed by atoms with van der Waals surface area (Å²) in [5, 5.41) is 7.24. The molecule has 0 saturated heterocycles. The van der Waals surface area contributed by atoms with E-state index in [1.807, 2.05) is 30.3 Å². The quantitative estimate of drug-likeness (QED) is 0.734. The second kappa shape index (κ2) is 8.44. The first-order valence-electron chi connectivity index (χ1n) is 6.81. The lowest BCUT2D eigenvalue weighted by Gasteiger charge is -2.08. The van der Waals surface area contributed by atoms with Crippen molar-refractivity contribution in [3.05, 3.63) is 47.2 Å². The Labute approximate surface area is 129 Å². The van der Waals surface area contributed by atoms with E-state index in [0.717, 1.165) is 41.8 Å². The normalized spacial score (nSPS) is 10.4. The van der Waals surface area contributed by atoms with Crippen molar-refractivity contribution in [3.63, 3.8) is 0 Å².